The summed E-state index contributed by atoms with van der Waals surface area (Å²) in [5.41, 5.74) is 0.0519. The SMILES string of the molecule is O=C1CCC(CNC(=O)c2cc([N+](=O)[O-])ccc2Br)N1. The van der Waals surface area contributed by atoms with Crippen LogP contribution in [0.3, 0.4) is 0 Å². The van der Waals surface area contributed by atoms with Gasteiger partial charge in [0.2, 0.25) is 5.91 Å². The van der Waals surface area contributed by atoms with E-state index in [1.165, 1.54) is 18.2 Å². The van der Waals surface area contributed by atoms with Crippen LogP contribution >= 0.6 is 15.9 Å². The number of hydrogen-bond acceptors (Lipinski definition) is 4. The minimum Gasteiger partial charge on any atom is -0.352 e. The molecule has 1 aliphatic rings. The zero-order valence-corrected chi connectivity index (χ0v) is 12.0. The molecule has 1 aromatic carbocycles. The average molecular weight is 342 g/mol. The number of carbonyl (C=O) groups excluding carboxylic acids is 2. The third kappa shape index (κ3) is 3.32. The van der Waals surface area contributed by atoms with Crippen LogP contribution in [-0.4, -0.2) is 29.3 Å². The average Bonchev–Trinajstić information content (AvgIpc) is 2.82. The highest BCUT2D eigenvalue weighted by Gasteiger charge is 2.22. The minimum atomic E-state index is -0.555. The molecule has 1 unspecified atom stereocenters. The summed E-state index contributed by atoms with van der Waals surface area (Å²) in [6.07, 6.45) is 1.14. The molecule has 0 aliphatic carbocycles. The first-order valence-corrected chi connectivity index (χ1v) is 6.78. The topological polar surface area (TPSA) is 101 Å². The second kappa shape index (κ2) is 6.00. The van der Waals surface area contributed by atoms with Gasteiger partial charge in [-0.05, 0) is 28.4 Å². The van der Waals surface area contributed by atoms with E-state index in [-0.39, 0.29) is 23.2 Å². The smallest absolute Gasteiger partial charge is 0.270 e. The van der Waals surface area contributed by atoms with Gasteiger partial charge >= 0.3 is 0 Å². The van der Waals surface area contributed by atoms with Crippen LogP contribution < -0.4 is 10.6 Å². The fourth-order valence-electron chi connectivity index (χ4n) is 1.94. The van der Waals surface area contributed by atoms with Gasteiger partial charge in [0.1, 0.15) is 0 Å². The Labute approximate surface area is 123 Å². The van der Waals surface area contributed by atoms with Crippen molar-refractivity contribution in [2.45, 2.75) is 18.9 Å². The van der Waals surface area contributed by atoms with Gasteiger partial charge in [0.15, 0.2) is 0 Å². The molecule has 1 fully saturated rings. The number of benzene rings is 1. The summed E-state index contributed by atoms with van der Waals surface area (Å²) in [7, 11) is 0. The number of nitro groups is 1. The Bertz CT molecular complexity index is 576. The summed E-state index contributed by atoms with van der Waals surface area (Å²) < 4.78 is 0.482. The molecule has 0 bridgehead atoms. The van der Waals surface area contributed by atoms with Crippen molar-refractivity contribution in [3.05, 3.63) is 38.3 Å². The highest BCUT2D eigenvalue weighted by atomic mass is 79.9. The van der Waals surface area contributed by atoms with Gasteiger partial charge in [0.05, 0.1) is 10.5 Å². The van der Waals surface area contributed by atoms with Gasteiger partial charge in [-0.2, -0.15) is 0 Å². The first-order valence-electron chi connectivity index (χ1n) is 5.99. The van der Waals surface area contributed by atoms with Crippen LogP contribution in [0.2, 0.25) is 0 Å². The van der Waals surface area contributed by atoms with Crippen molar-refractivity contribution in [1.29, 1.82) is 0 Å². The number of carbonyl (C=O) groups is 2. The number of rotatable bonds is 4. The van der Waals surface area contributed by atoms with Crippen molar-refractivity contribution in [3.63, 3.8) is 0 Å². The van der Waals surface area contributed by atoms with Crippen LogP contribution in [-0.2, 0) is 4.79 Å². The molecule has 0 spiro atoms. The number of nitro benzene ring substituents is 1. The van der Waals surface area contributed by atoms with Crippen LogP contribution in [0.1, 0.15) is 23.2 Å². The molecule has 1 saturated heterocycles. The standard InChI is InChI=1S/C12H12BrN3O4/c13-10-3-2-8(16(19)20)5-9(10)12(18)14-6-7-1-4-11(17)15-7/h2-3,5,7H,1,4,6H2,(H,14,18)(H,15,17). The van der Waals surface area contributed by atoms with Gasteiger partial charge in [-0.1, -0.05) is 0 Å². The second-order valence-electron chi connectivity index (χ2n) is 4.43. The van der Waals surface area contributed by atoms with Gasteiger partial charge in [-0.15, -0.1) is 0 Å². The highest BCUT2D eigenvalue weighted by molar-refractivity contribution is 9.10. The molecule has 1 atom stereocenters. The first-order chi connectivity index (χ1) is 9.47. The Kier molecular flexibility index (Phi) is 4.33. The van der Waals surface area contributed by atoms with E-state index < -0.39 is 10.8 Å². The normalized spacial score (nSPS) is 17.6. The van der Waals surface area contributed by atoms with Crippen molar-refractivity contribution < 1.29 is 14.5 Å². The maximum absolute atomic E-state index is 12.0. The zero-order chi connectivity index (χ0) is 14.7. The van der Waals surface area contributed by atoms with Gasteiger partial charge in [0, 0.05) is 35.6 Å². The van der Waals surface area contributed by atoms with Crippen molar-refractivity contribution in [1.82, 2.24) is 10.6 Å². The fraction of sp³-hybridized carbons (Fsp3) is 0.333. The predicted octanol–water partition coefficient (Wildman–Crippen LogP) is 1.37. The molecule has 0 radical (unpaired) electrons. The summed E-state index contributed by atoms with van der Waals surface area (Å²) in [5, 5.41) is 16.1. The molecule has 20 heavy (non-hydrogen) atoms. The number of non-ortho nitro benzene ring substituents is 1. The lowest BCUT2D eigenvalue weighted by Crippen LogP contribution is -2.38. The molecule has 1 heterocycles. The lowest BCUT2D eigenvalue weighted by Gasteiger charge is -2.11. The van der Waals surface area contributed by atoms with Crippen molar-refractivity contribution in [2.75, 3.05) is 6.54 Å². The van der Waals surface area contributed by atoms with Gasteiger partial charge in [-0.25, -0.2) is 0 Å². The summed E-state index contributed by atoms with van der Waals surface area (Å²) in [6.45, 7) is 0.305. The first kappa shape index (κ1) is 14.4. The number of nitrogens with one attached hydrogen (secondary N) is 2. The van der Waals surface area contributed by atoms with E-state index in [0.29, 0.717) is 23.9 Å². The maximum atomic E-state index is 12.0. The quantitative estimate of drug-likeness (QED) is 0.637. The summed E-state index contributed by atoms with van der Waals surface area (Å²) >= 11 is 3.19. The molecule has 8 heteroatoms. The third-order valence-corrected chi connectivity index (χ3v) is 3.69. The molecular weight excluding hydrogens is 330 g/mol. The molecule has 0 aromatic heterocycles. The monoisotopic (exact) mass is 341 g/mol. The van der Waals surface area contributed by atoms with Gasteiger partial charge in [0.25, 0.3) is 11.6 Å². The number of nitrogens with zero attached hydrogens (tertiary/aromatic N) is 1. The molecule has 106 valence electrons. The molecule has 1 aliphatic heterocycles. The Morgan fingerprint density at radius 3 is 2.90 bits per heavy atom. The van der Waals surface area contributed by atoms with Gasteiger partial charge in [-0.3, -0.25) is 19.7 Å². The van der Waals surface area contributed by atoms with Crippen molar-refractivity contribution >= 4 is 33.4 Å². The summed E-state index contributed by atoms with van der Waals surface area (Å²) in [5.74, 6) is -0.442. The fourth-order valence-corrected chi connectivity index (χ4v) is 2.37. The van der Waals surface area contributed by atoms with E-state index in [2.05, 4.69) is 26.6 Å². The molecule has 7 nitrogen and oxygen atoms in total. The van der Waals surface area contributed by atoms with E-state index in [1.807, 2.05) is 0 Å². The number of halogens is 1. The Morgan fingerprint density at radius 1 is 1.55 bits per heavy atom. The van der Waals surface area contributed by atoms with E-state index in [9.17, 15) is 19.7 Å². The van der Waals surface area contributed by atoms with Gasteiger partial charge < -0.3 is 10.6 Å². The molecule has 0 saturated carbocycles. The lowest BCUT2D eigenvalue weighted by atomic mass is 10.1. The Hall–Kier alpha value is -1.96. The highest BCUT2D eigenvalue weighted by Crippen LogP contribution is 2.22. The molecule has 2 amide bonds. The maximum Gasteiger partial charge on any atom is 0.270 e. The van der Waals surface area contributed by atoms with E-state index in [4.69, 9.17) is 0 Å². The molecule has 2 N–H and O–H groups in total. The Balaban J connectivity index is 2.03. The van der Waals surface area contributed by atoms with Crippen LogP contribution in [0.25, 0.3) is 0 Å². The lowest BCUT2D eigenvalue weighted by molar-refractivity contribution is -0.384. The molecular formula is C12H12BrN3O4. The van der Waals surface area contributed by atoms with Crippen molar-refractivity contribution in [3.8, 4) is 0 Å². The second-order valence-corrected chi connectivity index (χ2v) is 5.29. The van der Waals surface area contributed by atoms with Crippen LogP contribution in [0.4, 0.5) is 5.69 Å². The Morgan fingerprint density at radius 2 is 2.30 bits per heavy atom. The molecule has 2 rings (SSSR count). The van der Waals surface area contributed by atoms with E-state index in [0.717, 1.165) is 0 Å². The third-order valence-electron chi connectivity index (χ3n) is 3.00. The zero-order valence-electron chi connectivity index (χ0n) is 10.4. The number of hydrogen-bond donors (Lipinski definition) is 2. The van der Waals surface area contributed by atoms with E-state index >= 15 is 0 Å². The van der Waals surface area contributed by atoms with Crippen LogP contribution in [0.5, 0.6) is 0 Å². The minimum absolute atomic E-state index is 0.0271. The number of amides is 2. The largest absolute Gasteiger partial charge is 0.352 e. The predicted molar refractivity (Wildman–Crippen MR) is 74.3 cm³/mol. The summed E-state index contributed by atoms with van der Waals surface area (Å²) in [4.78, 5) is 33.2. The van der Waals surface area contributed by atoms with Crippen LogP contribution in [0.15, 0.2) is 22.7 Å². The van der Waals surface area contributed by atoms with Crippen LogP contribution in [0, 0.1) is 10.1 Å². The molecule has 1 aromatic rings. The van der Waals surface area contributed by atoms with E-state index in [1.54, 1.807) is 0 Å². The summed E-state index contributed by atoms with van der Waals surface area (Å²) in [6, 6.07) is 3.92. The van der Waals surface area contributed by atoms with Crippen molar-refractivity contribution in [2.24, 2.45) is 0 Å².